The first-order valence-electron chi connectivity index (χ1n) is 9.30. The highest BCUT2D eigenvalue weighted by Crippen LogP contribution is 2.27. The van der Waals surface area contributed by atoms with Crippen LogP contribution in [0, 0.1) is 5.82 Å². The maximum Gasteiger partial charge on any atom is 0.262 e. The molecular formula is C19H24FN3O3S3. The maximum atomic E-state index is 13.8. The number of anilines is 1. The minimum Gasteiger partial charge on any atom is -0.372 e. The number of hydrogen-bond donors (Lipinski definition) is 1. The molecule has 0 bridgehead atoms. The van der Waals surface area contributed by atoms with Gasteiger partial charge in [0.05, 0.1) is 5.69 Å². The van der Waals surface area contributed by atoms with E-state index in [0.717, 1.165) is 22.8 Å². The fraction of sp³-hybridized carbons (Fsp3) is 0.421. The number of hydrogen-bond acceptors (Lipinski definition) is 6. The Morgan fingerprint density at radius 2 is 1.97 bits per heavy atom. The Morgan fingerprint density at radius 3 is 2.69 bits per heavy atom. The highest BCUT2D eigenvalue weighted by Gasteiger charge is 2.31. The number of nitrogens with zero attached hydrogens (tertiary/aromatic N) is 2. The third-order valence-electron chi connectivity index (χ3n) is 4.64. The van der Waals surface area contributed by atoms with Crippen molar-refractivity contribution in [2.24, 2.45) is 0 Å². The smallest absolute Gasteiger partial charge is 0.262 e. The Kier molecular flexibility index (Phi) is 7.55. The standard InChI is InChI=1S/C19H24FN3O3S3/c1-22(16-6-3-2-5-15(16)20)9-4-8-21-19(24)18-17(7-12-28-18)29(25,26)23-10-13-27-14-11-23/h2-3,5-7,12H,4,8-11,13-14H2,1H3,(H,21,24). The molecule has 3 rings (SSSR count). The molecule has 0 spiro atoms. The minimum absolute atomic E-state index is 0.0791. The highest BCUT2D eigenvalue weighted by molar-refractivity contribution is 7.99. The quantitative estimate of drug-likeness (QED) is 0.618. The molecule has 1 amide bonds. The van der Waals surface area contributed by atoms with Gasteiger partial charge >= 0.3 is 0 Å². The average molecular weight is 458 g/mol. The summed E-state index contributed by atoms with van der Waals surface area (Å²) in [5, 5.41) is 4.42. The van der Waals surface area contributed by atoms with Crippen LogP contribution >= 0.6 is 23.1 Å². The fourth-order valence-corrected chi connectivity index (χ4v) is 6.97. The molecule has 0 unspecified atom stereocenters. The van der Waals surface area contributed by atoms with E-state index in [4.69, 9.17) is 0 Å². The molecule has 158 valence electrons. The lowest BCUT2D eigenvalue weighted by Crippen LogP contribution is -2.38. The molecule has 1 aliphatic rings. The SMILES string of the molecule is CN(CCCNC(=O)c1sccc1S(=O)(=O)N1CCSCC1)c1ccccc1F. The summed E-state index contributed by atoms with van der Waals surface area (Å²) in [6, 6.07) is 8.03. The highest BCUT2D eigenvalue weighted by atomic mass is 32.2. The molecule has 1 N–H and O–H groups in total. The van der Waals surface area contributed by atoms with Gasteiger partial charge in [0.15, 0.2) is 0 Å². The van der Waals surface area contributed by atoms with Gasteiger partial charge in [-0.1, -0.05) is 12.1 Å². The van der Waals surface area contributed by atoms with E-state index in [9.17, 15) is 17.6 Å². The van der Waals surface area contributed by atoms with Crippen LogP contribution in [0.3, 0.4) is 0 Å². The van der Waals surface area contributed by atoms with Gasteiger partial charge in [-0.05, 0) is 30.0 Å². The van der Waals surface area contributed by atoms with Crippen molar-refractivity contribution in [2.45, 2.75) is 11.3 Å². The van der Waals surface area contributed by atoms with Crippen molar-refractivity contribution in [1.82, 2.24) is 9.62 Å². The van der Waals surface area contributed by atoms with E-state index in [1.165, 1.54) is 16.4 Å². The summed E-state index contributed by atoms with van der Waals surface area (Å²) in [7, 11) is -1.87. The first-order chi connectivity index (χ1) is 13.9. The van der Waals surface area contributed by atoms with E-state index in [1.54, 1.807) is 47.3 Å². The number of benzene rings is 1. The van der Waals surface area contributed by atoms with Crippen LogP contribution in [0.4, 0.5) is 10.1 Å². The van der Waals surface area contributed by atoms with Gasteiger partial charge in [0, 0.05) is 44.7 Å². The summed E-state index contributed by atoms with van der Waals surface area (Å²) < 4.78 is 41.0. The molecule has 0 radical (unpaired) electrons. The van der Waals surface area contributed by atoms with Gasteiger partial charge in [0.2, 0.25) is 10.0 Å². The van der Waals surface area contributed by atoms with Crippen LogP contribution in [0.15, 0.2) is 40.6 Å². The Bertz CT molecular complexity index is 943. The van der Waals surface area contributed by atoms with Crippen LogP contribution in [0.5, 0.6) is 0 Å². The number of rotatable bonds is 8. The summed E-state index contributed by atoms with van der Waals surface area (Å²) in [5.74, 6) is 0.850. The second-order valence-electron chi connectivity index (χ2n) is 6.61. The normalized spacial score (nSPS) is 15.2. The van der Waals surface area contributed by atoms with Gasteiger partial charge in [-0.3, -0.25) is 4.79 Å². The molecule has 2 heterocycles. The van der Waals surface area contributed by atoms with Crippen LogP contribution in [-0.4, -0.2) is 63.4 Å². The Balaban J connectivity index is 1.55. The number of amides is 1. The van der Waals surface area contributed by atoms with E-state index in [-0.39, 0.29) is 15.6 Å². The molecule has 6 nitrogen and oxygen atoms in total. The zero-order valence-electron chi connectivity index (χ0n) is 16.1. The second-order valence-corrected chi connectivity index (χ2v) is 10.7. The van der Waals surface area contributed by atoms with Gasteiger partial charge in [-0.15, -0.1) is 11.3 Å². The summed E-state index contributed by atoms with van der Waals surface area (Å²) in [4.78, 5) is 14.6. The van der Waals surface area contributed by atoms with Crippen LogP contribution in [0.1, 0.15) is 16.1 Å². The second kappa shape index (κ2) is 9.92. The average Bonchev–Trinajstić information content (AvgIpc) is 3.23. The fourth-order valence-electron chi connectivity index (χ4n) is 3.07. The lowest BCUT2D eigenvalue weighted by Gasteiger charge is -2.25. The van der Waals surface area contributed by atoms with Crippen molar-refractivity contribution in [3.8, 4) is 0 Å². The van der Waals surface area contributed by atoms with Crippen LogP contribution < -0.4 is 10.2 Å². The van der Waals surface area contributed by atoms with Gasteiger partial charge in [0.25, 0.3) is 5.91 Å². The van der Waals surface area contributed by atoms with E-state index >= 15 is 0 Å². The zero-order chi connectivity index (χ0) is 20.9. The van der Waals surface area contributed by atoms with Crippen LogP contribution in [0.2, 0.25) is 0 Å². The van der Waals surface area contributed by atoms with Gasteiger partial charge < -0.3 is 10.2 Å². The maximum absolute atomic E-state index is 13.8. The van der Waals surface area contributed by atoms with Crippen molar-refractivity contribution in [2.75, 3.05) is 49.6 Å². The minimum atomic E-state index is -3.66. The summed E-state index contributed by atoms with van der Waals surface area (Å²) in [6.45, 7) is 1.86. The van der Waals surface area contributed by atoms with Gasteiger partial charge in [0.1, 0.15) is 15.6 Å². The first kappa shape index (κ1) is 22.1. The topological polar surface area (TPSA) is 69.7 Å². The molecule has 1 aliphatic heterocycles. The summed E-state index contributed by atoms with van der Waals surface area (Å²) >= 11 is 2.86. The third-order valence-corrected chi connectivity index (χ3v) is 8.57. The molecule has 2 aromatic rings. The van der Waals surface area contributed by atoms with Crippen molar-refractivity contribution >= 4 is 44.7 Å². The molecule has 10 heteroatoms. The Morgan fingerprint density at radius 1 is 1.24 bits per heavy atom. The molecule has 0 atom stereocenters. The molecule has 29 heavy (non-hydrogen) atoms. The van der Waals surface area contributed by atoms with E-state index in [1.807, 2.05) is 0 Å². The number of halogens is 1. The van der Waals surface area contributed by atoms with E-state index in [0.29, 0.717) is 38.3 Å². The third kappa shape index (κ3) is 5.30. The predicted molar refractivity (Wildman–Crippen MR) is 117 cm³/mol. The number of thioether (sulfide) groups is 1. The van der Waals surface area contributed by atoms with Crippen LogP contribution in [0.25, 0.3) is 0 Å². The first-order valence-corrected chi connectivity index (χ1v) is 12.8. The molecule has 0 saturated carbocycles. The van der Waals surface area contributed by atoms with Gasteiger partial charge in [-0.25, -0.2) is 12.8 Å². The molecular weight excluding hydrogens is 433 g/mol. The Hall–Kier alpha value is -1.62. The molecule has 1 aromatic heterocycles. The number of carbonyl (C=O) groups excluding carboxylic acids is 1. The van der Waals surface area contributed by atoms with Crippen molar-refractivity contribution in [3.63, 3.8) is 0 Å². The molecule has 1 saturated heterocycles. The summed E-state index contributed by atoms with van der Waals surface area (Å²) in [6.07, 6.45) is 0.605. The predicted octanol–water partition coefficient (Wildman–Crippen LogP) is 2.88. The number of nitrogens with one attached hydrogen (secondary N) is 1. The number of carbonyl (C=O) groups is 1. The van der Waals surface area contributed by atoms with Crippen LogP contribution in [-0.2, 0) is 10.0 Å². The number of sulfonamides is 1. The molecule has 0 aliphatic carbocycles. The van der Waals surface area contributed by atoms with E-state index in [2.05, 4.69) is 5.32 Å². The number of thiophene rings is 1. The molecule has 1 fully saturated rings. The largest absolute Gasteiger partial charge is 0.372 e. The monoisotopic (exact) mass is 457 g/mol. The zero-order valence-corrected chi connectivity index (χ0v) is 18.6. The summed E-state index contributed by atoms with van der Waals surface area (Å²) in [5.41, 5.74) is 0.505. The lowest BCUT2D eigenvalue weighted by atomic mass is 10.2. The van der Waals surface area contributed by atoms with Crippen molar-refractivity contribution < 1.29 is 17.6 Å². The van der Waals surface area contributed by atoms with Crippen molar-refractivity contribution in [1.29, 1.82) is 0 Å². The van der Waals surface area contributed by atoms with Gasteiger partial charge in [-0.2, -0.15) is 16.1 Å². The van der Waals surface area contributed by atoms with E-state index < -0.39 is 15.9 Å². The number of para-hydroxylation sites is 1. The van der Waals surface area contributed by atoms with Crippen molar-refractivity contribution in [3.05, 3.63) is 46.4 Å². The lowest BCUT2D eigenvalue weighted by molar-refractivity contribution is 0.0954. The Labute approximate surface area is 179 Å². The molecule has 1 aromatic carbocycles.